The van der Waals surface area contributed by atoms with E-state index in [4.69, 9.17) is 0 Å². The van der Waals surface area contributed by atoms with Crippen molar-refractivity contribution in [1.82, 2.24) is 0 Å². The van der Waals surface area contributed by atoms with Crippen LogP contribution < -0.4 is 0 Å². The Hall–Kier alpha value is -0.590. The van der Waals surface area contributed by atoms with E-state index >= 15 is 0 Å². The normalized spacial score (nSPS) is 32.3. The Balaban J connectivity index is 2.30. The maximum atomic E-state index is 11.4. The number of carbonyl (C=O) groups excluding carboxylic acids is 1. The first-order valence-corrected chi connectivity index (χ1v) is 5.95. The molecule has 0 radical (unpaired) electrons. The zero-order chi connectivity index (χ0) is 10.2. The quantitative estimate of drug-likeness (QED) is 0.610. The number of hydrogen-bond donors (Lipinski definition) is 0. The lowest BCUT2D eigenvalue weighted by atomic mass is 9.78. The number of hydrogen-bond acceptors (Lipinski definition) is 1. The van der Waals surface area contributed by atoms with Crippen LogP contribution >= 0.6 is 0 Å². The van der Waals surface area contributed by atoms with Crippen LogP contribution in [0.25, 0.3) is 0 Å². The van der Waals surface area contributed by atoms with Crippen molar-refractivity contribution < 1.29 is 4.79 Å². The van der Waals surface area contributed by atoms with Gasteiger partial charge in [-0.05, 0) is 37.5 Å². The minimum atomic E-state index is 0.331. The van der Waals surface area contributed by atoms with Crippen LogP contribution in [-0.4, -0.2) is 5.78 Å². The molecule has 1 nitrogen and oxygen atoms in total. The van der Waals surface area contributed by atoms with Crippen molar-refractivity contribution in [3.63, 3.8) is 0 Å². The van der Waals surface area contributed by atoms with Gasteiger partial charge in [0.1, 0.15) is 5.78 Å². The molecule has 1 spiro atoms. The smallest absolute Gasteiger partial charge is 0.133 e. The van der Waals surface area contributed by atoms with Gasteiger partial charge in [-0.15, -0.1) is 0 Å². The van der Waals surface area contributed by atoms with Gasteiger partial charge in [0.05, 0.1) is 0 Å². The number of ketones is 1. The molecular weight excluding hydrogens is 172 g/mol. The Morgan fingerprint density at radius 1 is 1.14 bits per heavy atom. The van der Waals surface area contributed by atoms with E-state index in [0.29, 0.717) is 11.2 Å². The second-order valence-electron chi connectivity index (χ2n) is 4.78. The van der Waals surface area contributed by atoms with E-state index in [1.54, 1.807) is 11.1 Å². The van der Waals surface area contributed by atoms with Crippen LogP contribution in [0.1, 0.15) is 58.8 Å². The Morgan fingerprint density at radius 2 is 1.86 bits per heavy atom. The van der Waals surface area contributed by atoms with Crippen molar-refractivity contribution in [2.24, 2.45) is 5.41 Å². The van der Waals surface area contributed by atoms with Crippen molar-refractivity contribution >= 4 is 5.78 Å². The van der Waals surface area contributed by atoms with E-state index in [-0.39, 0.29) is 0 Å². The van der Waals surface area contributed by atoms with Gasteiger partial charge < -0.3 is 0 Å². The Morgan fingerprint density at radius 3 is 2.36 bits per heavy atom. The first-order valence-electron chi connectivity index (χ1n) is 5.95. The van der Waals surface area contributed by atoms with Gasteiger partial charge in [0.2, 0.25) is 0 Å². The molecule has 0 aromatic rings. The van der Waals surface area contributed by atoms with Crippen molar-refractivity contribution in [2.75, 3.05) is 0 Å². The first kappa shape index (κ1) is 9.95. The van der Waals surface area contributed by atoms with Crippen LogP contribution in [0.15, 0.2) is 11.1 Å². The predicted octanol–water partition coefficient (Wildman–Crippen LogP) is 3.64. The second kappa shape index (κ2) is 3.52. The molecule has 78 valence electrons. The molecule has 14 heavy (non-hydrogen) atoms. The highest BCUT2D eigenvalue weighted by atomic mass is 16.1. The van der Waals surface area contributed by atoms with E-state index in [0.717, 1.165) is 25.7 Å². The van der Waals surface area contributed by atoms with Gasteiger partial charge in [-0.25, -0.2) is 0 Å². The maximum Gasteiger partial charge on any atom is 0.133 e. The molecule has 2 aliphatic carbocycles. The van der Waals surface area contributed by atoms with Gasteiger partial charge in [-0.3, -0.25) is 4.79 Å². The summed E-state index contributed by atoms with van der Waals surface area (Å²) in [5, 5.41) is 0. The third-order valence-corrected chi connectivity index (χ3v) is 4.17. The lowest BCUT2D eigenvalue weighted by Crippen LogP contribution is -2.16. The van der Waals surface area contributed by atoms with Crippen LogP contribution in [-0.2, 0) is 4.79 Å². The summed E-state index contributed by atoms with van der Waals surface area (Å²) in [7, 11) is 0. The fraction of sp³-hybridized carbons (Fsp3) is 0.769. The fourth-order valence-electron chi connectivity index (χ4n) is 3.49. The topological polar surface area (TPSA) is 17.1 Å². The van der Waals surface area contributed by atoms with Crippen LogP contribution in [0.2, 0.25) is 0 Å². The van der Waals surface area contributed by atoms with Gasteiger partial charge in [-0.2, -0.15) is 0 Å². The Bertz CT molecular complexity index is 288. The van der Waals surface area contributed by atoms with Crippen molar-refractivity contribution in [1.29, 1.82) is 0 Å². The van der Waals surface area contributed by atoms with E-state index in [1.807, 2.05) is 0 Å². The van der Waals surface area contributed by atoms with Gasteiger partial charge in [-0.1, -0.05) is 25.0 Å². The summed E-state index contributed by atoms with van der Waals surface area (Å²) in [4.78, 5) is 11.4. The molecule has 2 aliphatic rings. The number of allylic oxidation sites excluding steroid dienone is 2. The van der Waals surface area contributed by atoms with E-state index in [9.17, 15) is 4.79 Å². The molecule has 0 aliphatic heterocycles. The molecule has 0 amide bonds. The molecule has 0 heterocycles. The lowest BCUT2D eigenvalue weighted by Gasteiger charge is -2.26. The molecule has 0 aromatic carbocycles. The fourth-order valence-corrected chi connectivity index (χ4v) is 3.49. The van der Waals surface area contributed by atoms with Crippen molar-refractivity contribution in [3.05, 3.63) is 11.1 Å². The molecule has 1 atom stereocenters. The largest absolute Gasteiger partial charge is 0.300 e. The molecule has 1 heteroatoms. The molecule has 1 saturated carbocycles. The highest BCUT2D eigenvalue weighted by Crippen LogP contribution is 2.54. The summed E-state index contributed by atoms with van der Waals surface area (Å²) in [6, 6.07) is 0. The Labute approximate surface area is 86.6 Å². The van der Waals surface area contributed by atoms with E-state index in [1.165, 1.54) is 19.3 Å². The first-order chi connectivity index (χ1) is 6.72. The average Bonchev–Trinajstić information content (AvgIpc) is 2.71. The van der Waals surface area contributed by atoms with Crippen LogP contribution in [0.5, 0.6) is 0 Å². The SMILES string of the molecule is CCC1=C(CC)[C@@]2(CCC(=O)C2)CC1. The summed E-state index contributed by atoms with van der Waals surface area (Å²) in [6.07, 6.45) is 7.69. The molecule has 0 N–H and O–H groups in total. The molecule has 1 fully saturated rings. The second-order valence-corrected chi connectivity index (χ2v) is 4.78. The van der Waals surface area contributed by atoms with Gasteiger partial charge in [0.15, 0.2) is 0 Å². The standard InChI is InChI=1S/C13H20O/c1-3-10-5-7-13(12(10)4-2)8-6-11(14)9-13/h3-9H2,1-2H3/t13-/m1/s1. The monoisotopic (exact) mass is 192 g/mol. The highest BCUT2D eigenvalue weighted by Gasteiger charge is 2.44. The number of rotatable bonds is 2. The van der Waals surface area contributed by atoms with Crippen LogP contribution in [0.4, 0.5) is 0 Å². The minimum absolute atomic E-state index is 0.331. The van der Waals surface area contributed by atoms with Crippen LogP contribution in [0.3, 0.4) is 0 Å². The molecule has 0 aromatic heterocycles. The van der Waals surface area contributed by atoms with Gasteiger partial charge in [0, 0.05) is 12.8 Å². The molecule has 2 rings (SSSR count). The van der Waals surface area contributed by atoms with Crippen molar-refractivity contribution in [3.8, 4) is 0 Å². The zero-order valence-corrected chi connectivity index (χ0v) is 9.36. The summed E-state index contributed by atoms with van der Waals surface area (Å²) in [6.45, 7) is 4.50. The summed E-state index contributed by atoms with van der Waals surface area (Å²) in [5.74, 6) is 0.494. The molecule has 0 bridgehead atoms. The van der Waals surface area contributed by atoms with E-state index < -0.39 is 0 Å². The zero-order valence-electron chi connectivity index (χ0n) is 9.36. The van der Waals surface area contributed by atoms with Crippen LogP contribution in [0, 0.1) is 5.41 Å². The third-order valence-electron chi connectivity index (χ3n) is 4.17. The Kier molecular flexibility index (Phi) is 2.50. The van der Waals surface area contributed by atoms with Crippen molar-refractivity contribution in [2.45, 2.75) is 58.8 Å². The molecule has 0 saturated heterocycles. The summed E-state index contributed by atoms with van der Waals surface area (Å²) >= 11 is 0. The van der Waals surface area contributed by atoms with Gasteiger partial charge >= 0.3 is 0 Å². The molecule has 0 unspecified atom stereocenters. The highest BCUT2D eigenvalue weighted by molar-refractivity contribution is 5.82. The maximum absolute atomic E-state index is 11.4. The summed E-state index contributed by atoms with van der Waals surface area (Å²) in [5.41, 5.74) is 3.63. The predicted molar refractivity (Wildman–Crippen MR) is 58.1 cm³/mol. The number of Topliss-reactive ketones (excluding diaryl/α,β-unsaturated/α-hetero) is 1. The third kappa shape index (κ3) is 1.34. The molecular formula is C13H20O. The summed E-state index contributed by atoms with van der Waals surface area (Å²) < 4.78 is 0. The average molecular weight is 192 g/mol. The van der Waals surface area contributed by atoms with Gasteiger partial charge in [0.25, 0.3) is 0 Å². The van der Waals surface area contributed by atoms with E-state index in [2.05, 4.69) is 13.8 Å². The minimum Gasteiger partial charge on any atom is -0.300 e. The lowest BCUT2D eigenvalue weighted by molar-refractivity contribution is -0.117. The number of carbonyl (C=O) groups is 1.